The minimum absolute atomic E-state index is 0.176. The molecule has 0 aromatic heterocycles. The molecule has 0 saturated carbocycles. The van der Waals surface area contributed by atoms with Crippen molar-refractivity contribution in [2.24, 2.45) is 0 Å². The molecule has 0 heterocycles. The van der Waals surface area contributed by atoms with Crippen LogP contribution in [0.25, 0.3) is 0 Å². The molecule has 2 rings (SSSR count). The summed E-state index contributed by atoms with van der Waals surface area (Å²) in [5, 5.41) is 10.3. The first-order valence-corrected chi connectivity index (χ1v) is 8.85. The van der Waals surface area contributed by atoms with E-state index in [0.717, 1.165) is 5.56 Å². The van der Waals surface area contributed by atoms with Gasteiger partial charge in [-0.3, -0.25) is 0 Å². The predicted octanol–water partition coefficient (Wildman–Crippen LogP) is 2.95. The lowest BCUT2D eigenvalue weighted by atomic mass is 10.0. The molecule has 0 aliphatic heterocycles. The minimum atomic E-state index is -3.73. The summed E-state index contributed by atoms with van der Waals surface area (Å²) in [6, 6.07) is 14.9. The molecule has 0 saturated heterocycles. The van der Waals surface area contributed by atoms with Gasteiger partial charge in [-0.05, 0) is 31.0 Å². The number of hydrogen-bond donors (Lipinski definition) is 2. The Morgan fingerprint density at radius 1 is 1.13 bits per heavy atom. The summed E-state index contributed by atoms with van der Waals surface area (Å²) in [5.74, 6) is 0. The van der Waals surface area contributed by atoms with Crippen LogP contribution < -0.4 is 4.72 Å². The van der Waals surface area contributed by atoms with Crippen LogP contribution in [0.4, 0.5) is 0 Å². The maximum Gasteiger partial charge on any atom is 0.241 e. The molecule has 0 radical (unpaired) electrons. The minimum Gasteiger partial charge on any atom is -0.391 e. The Hall–Kier alpha value is -1.95. The van der Waals surface area contributed by atoms with E-state index in [9.17, 15) is 13.5 Å². The van der Waals surface area contributed by atoms with Crippen molar-refractivity contribution >= 4 is 10.0 Å². The average molecular weight is 331 g/mol. The van der Waals surface area contributed by atoms with Crippen LogP contribution in [0.2, 0.25) is 0 Å². The normalized spacial score (nSPS) is 14.2. The molecule has 0 spiro atoms. The van der Waals surface area contributed by atoms with E-state index in [4.69, 9.17) is 0 Å². The molecule has 0 bridgehead atoms. The number of aryl methyl sites for hydroxylation is 1. The van der Waals surface area contributed by atoms with Crippen LogP contribution in [0, 0.1) is 6.92 Å². The van der Waals surface area contributed by atoms with Crippen molar-refractivity contribution in [2.75, 3.05) is 0 Å². The van der Waals surface area contributed by atoms with Crippen LogP contribution in [-0.4, -0.2) is 19.6 Å². The van der Waals surface area contributed by atoms with E-state index >= 15 is 0 Å². The zero-order chi connectivity index (χ0) is 16.9. The lowest BCUT2D eigenvalue weighted by Crippen LogP contribution is -2.36. The van der Waals surface area contributed by atoms with Crippen molar-refractivity contribution in [3.8, 4) is 0 Å². The zero-order valence-corrected chi connectivity index (χ0v) is 13.8. The third-order valence-corrected chi connectivity index (χ3v) is 5.02. The van der Waals surface area contributed by atoms with Gasteiger partial charge < -0.3 is 5.11 Å². The van der Waals surface area contributed by atoms with Gasteiger partial charge in [-0.25, -0.2) is 13.1 Å². The highest BCUT2D eigenvalue weighted by Gasteiger charge is 2.26. The Kier molecular flexibility index (Phi) is 5.71. The van der Waals surface area contributed by atoms with Gasteiger partial charge in [-0.2, -0.15) is 0 Å². The van der Waals surface area contributed by atoms with Crippen LogP contribution >= 0.6 is 0 Å². The fraction of sp³-hybridized carbons (Fsp3) is 0.222. The molecule has 0 aliphatic rings. The van der Waals surface area contributed by atoms with Crippen LogP contribution in [-0.2, 0) is 10.0 Å². The second-order valence-electron chi connectivity index (χ2n) is 5.41. The van der Waals surface area contributed by atoms with Gasteiger partial charge in [-0.15, -0.1) is 6.58 Å². The fourth-order valence-corrected chi connectivity index (χ4v) is 3.55. The van der Waals surface area contributed by atoms with Crippen molar-refractivity contribution in [1.29, 1.82) is 0 Å². The van der Waals surface area contributed by atoms with Gasteiger partial charge in [0.05, 0.1) is 17.0 Å². The SMILES string of the molecule is C=CC[C@@H](O)[C@@H](NS(=O)(=O)c1ccc(C)cc1)c1ccccc1. The largest absolute Gasteiger partial charge is 0.391 e. The van der Waals surface area contributed by atoms with E-state index in [1.165, 1.54) is 0 Å². The molecule has 2 atom stereocenters. The second kappa shape index (κ2) is 7.55. The Labute approximate surface area is 137 Å². The Morgan fingerprint density at radius 3 is 2.30 bits per heavy atom. The molecule has 2 aromatic rings. The standard InChI is InChI=1S/C18H21NO3S/c1-3-7-17(20)18(15-8-5-4-6-9-15)19-23(21,22)16-12-10-14(2)11-13-16/h3-6,8-13,17-20H,1,7H2,2H3/t17-,18+/m1/s1. The van der Waals surface area contributed by atoms with Crippen LogP contribution in [0.15, 0.2) is 72.1 Å². The number of aliphatic hydroxyl groups excluding tert-OH is 1. The molecule has 4 nitrogen and oxygen atoms in total. The molecule has 0 unspecified atom stereocenters. The summed E-state index contributed by atoms with van der Waals surface area (Å²) in [6.07, 6.45) is 0.964. The van der Waals surface area contributed by atoms with Gasteiger partial charge in [0.1, 0.15) is 0 Å². The molecule has 0 fully saturated rings. The van der Waals surface area contributed by atoms with E-state index in [2.05, 4.69) is 11.3 Å². The number of nitrogens with one attached hydrogen (secondary N) is 1. The predicted molar refractivity (Wildman–Crippen MR) is 91.5 cm³/mol. The Balaban J connectivity index is 2.33. The number of aliphatic hydroxyl groups is 1. The molecule has 5 heteroatoms. The van der Waals surface area contributed by atoms with Crippen LogP contribution in [0.5, 0.6) is 0 Å². The van der Waals surface area contributed by atoms with Gasteiger partial charge in [0, 0.05) is 0 Å². The third-order valence-electron chi connectivity index (χ3n) is 3.57. The average Bonchev–Trinajstić information content (AvgIpc) is 2.54. The van der Waals surface area contributed by atoms with Crippen LogP contribution in [0.1, 0.15) is 23.6 Å². The lowest BCUT2D eigenvalue weighted by molar-refractivity contribution is 0.140. The first kappa shape index (κ1) is 17.4. The Morgan fingerprint density at radius 2 is 1.74 bits per heavy atom. The van der Waals surface area contributed by atoms with Gasteiger partial charge >= 0.3 is 0 Å². The summed E-state index contributed by atoms with van der Waals surface area (Å²) in [6.45, 7) is 5.50. The van der Waals surface area contributed by atoms with Crippen molar-refractivity contribution < 1.29 is 13.5 Å². The van der Waals surface area contributed by atoms with Gasteiger partial charge in [0.2, 0.25) is 10.0 Å². The van der Waals surface area contributed by atoms with Crippen LogP contribution in [0.3, 0.4) is 0 Å². The first-order chi connectivity index (χ1) is 10.9. The fourth-order valence-electron chi connectivity index (χ4n) is 2.29. The molecule has 2 N–H and O–H groups in total. The van der Waals surface area contributed by atoms with E-state index in [1.54, 1.807) is 42.5 Å². The molecular formula is C18H21NO3S. The molecule has 0 aliphatic carbocycles. The van der Waals surface area contributed by atoms with Gasteiger partial charge in [-0.1, -0.05) is 54.1 Å². The van der Waals surface area contributed by atoms with Crippen molar-refractivity contribution in [3.05, 3.63) is 78.4 Å². The van der Waals surface area contributed by atoms with Gasteiger partial charge in [0.25, 0.3) is 0 Å². The summed E-state index contributed by atoms with van der Waals surface area (Å²) in [4.78, 5) is 0.176. The monoisotopic (exact) mass is 331 g/mol. The smallest absolute Gasteiger partial charge is 0.241 e. The van der Waals surface area contributed by atoms with Crippen molar-refractivity contribution in [1.82, 2.24) is 4.72 Å². The van der Waals surface area contributed by atoms with E-state index in [-0.39, 0.29) is 11.3 Å². The van der Waals surface area contributed by atoms with Crippen molar-refractivity contribution in [2.45, 2.75) is 30.4 Å². The molecule has 0 amide bonds. The lowest BCUT2D eigenvalue weighted by Gasteiger charge is -2.24. The topological polar surface area (TPSA) is 66.4 Å². The summed E-state index contributed by atoms with van der Waals surface area (Å²) in [5.41, 5.74) is 1.69. The first-order valence-electron chi connectivity index (χ1n) is 7.37. The molecule has 122 valence electrons. The summed E-state index contributed by atoms with van der Waals surface area (Å²) in [7, 11) is -3.73. The number of rotatable bonds is 7. The van der Waals surface area contributed by atoms with Gasteiger partial charge in [0.15, 0.2) is 0 Å². The second-order valence-corrected chi connectivity index (χ2v) is 7.13. The maximum atomic E-state index is 12.6. The summed E-state index contributed by atoms with van der Waals surface area (Å²) >= 11 is 0. The highest BCUT2D eigenvalue weighted by atomic mass is 32.2. The van der Waals surface area contributed by atoms with E-state index in [1.807, 2.05) is 25.1 Å². The van der Waals surface area contributed by atoms with E-state index in [0.29, 0.717) is 5.56 Å². The highest BCUT2D eigenvalue weighted by Crippen LogP contribution is 2.22. The summed E-state index contributed by atoms with van der Waals surface area (Å²) < 4.78 is 27.8. The number of benzene rings is 2. The quantitative estimate of drug-likeness (QED) is 0.767. The van der Waals surface area contributed by atoms with Crippen molar-refractivity contribution in [3.63, 3.8) is 0 Å². The number of hydrogen-bond acceptors (Lipinski definition) is 3. The third kappa shape index (κ3) is 4.51. The molecular weight excluding hydrogens is 310 g/mol. The maximum absolute atomic E-state index is 12.6. The zero-order valence-electron chi connectivity index (χ0n) is 13.0. The highest BCUT2D eigenvalue weighted by molar-refractivity contribution is 7.89. The molecule has 23 heavy (non-hydrogen) atoms. The Bertz CT molecular complexity index is 740. The number of sulfonamides is 1. The molecule has 2 aromatic carbocycles. The van der Waals surface area contributed by atoms with E-state index < -0.39 is 22.2 Å².